The first-order valence-electron chi connectivity index (χ1n) is 17.9. The van der Waals surface area contributed by atoms with Crippen LogP contribution in [0, 0.1) is 0 Å². The standard InChI is InChI=1S/C49H29N3O/c1-2-12-31(13-3-1)47-50-48(52-49(51-47)43-29-42-36-14-5-4-11-30(36)25-26-40(42)38-15-6-7-16-39(38)43)35-24-22-32-27-34(23-21-33(32)28-35)37-18-10-20-45-46(37)41-17-8-9-19-44(41)53-45/h1-29H. The molecule has 0 radical (unpaired) electrons. The van der Waals surface area contributed by atoms with Crippen LogP contribution in [0.15, 0.2) is 180 Å². The molecule has 11 rings (SSSR count). The molecule has 0 amide bonds. The molecule has 0 aliphatic carbocycles. The van der Waals surface area contributed by atoms with Crippen molar-refractivity contribution in [1.82, 2.24) is 15.0 Å². The predicted molar refractivity (Wildman–Crippen MR) is 219 cm³/mol. The van der Waals surface area contributed by atoms with E-state index in [-0.39, 0.29) is 0 Å². The topological polar surface area (TPSA) is 51.8 Å². The van der Waals surface area contributed by atoms with Crippen LogP contribution in [0.2, 0.25) is 0 Å². The van der Waals surface area contributed by atoms with E-state index in [1.807, 2.05) is 36.4 Å². The fraction of sp³-hybridized carbons (Fsp3) is 0. The number of rotatable bonds is 4. The van der Waals surface area contributed by atoms with Crippen molar-refractivity contribution in [2.24, 2.45) is 0 Å². The third-order valence-electron chi connectivity index (χ3n) is 10.5. The summed E-state index contributed by atoms with van der Waals surface area (Å²) < 4.78 is 6.19. The number of hydrogen-bond acceptors (Lipinski definition) is 4. The van der Waals surface area contributed by atoms with Crippen LogP contribution in [0.25, 0.3) is 110 Å². The molecule has 2 aromatic heterocycles. The molecule has 0 saturated heterocycles. The van der Waals surface area contributed by atoms with Gasteiger partial charge < -0.3 is 4.42 Å². The van der Waals surface area contributed by atoms with E-state index < -0.39 is 0 Å². The van der Waals surface area contributed by atoms with Crippen LogP contribution in [0.3, 0.4) is 0 Å². The molecule has 0 unspecified atom stereocenters. The van der Waals surface area contributed by atoms with Gasteiger partial charge in [-0.2, -0.15) is 0 Å². The molecule has 0 bridgehead atoms. The van der Waals surface area contributed by atoms with Gasteiger partial charge >= 0.3 is 0 Å². The van der Waals surface area contributed by atoms with E-state index >= 15 is 0 Å². The lowest BCUT2D eigenvalue weighted by Crippen LogP contribution is -2.01. The Bertz CT molecular complexity index is 3240. The Morgan fingerprint density at radius 1 is 0.302 bits per heavy atom. The molecule has 0 N–H and O–H groups in total. The van der Waals surface area contributed by atoms with E-state index in [2.05, 4.69) is 140 Å². The molecule has 53 heavy (non-hydrogen) atoms. The molecule has 9 aromatic carbocycles. The van der Waals surface area contributed by atoms with Gasteiger partial charge in [-0.05, 0) is 84.5 Å². The van der Waals surface area contributed by atoms with Gasteiger partial charge in [-0.15, -0.1) is 0 Å². The van der Waals surface area contributed by atoms with Gasteiger partial charge in [-0.1, -0.05) is 146 Å². The third kappa shape index (κ3) is 4.80. The van der Waals surface area contributed by atoms with Gasteiger partial charge in [-0.25, -0.2) is 15.0 Å². The summed E-state index contributed by atoms with van der Waals surface area (Å²) in [6, 6.07) is 61.7. The van der Waals surface area contributed by atoms with Crippen molar-refractivity contribution in [3.05, 3.63) is 176 Å². The second-order valence-electron chi connectivity index (χ2n) is 13.6. The Kier molecular flexibility index (Phi) is 6.52. The van der Waals surface area contributed by atoms with Crippen LogP contribution >= 0.6 is 0 Å². The van der Waals surface area contributed by atoms with Gasteiger partial charge in [0.25, 0.3) is 0 Å². The summed E-state index contributed by atoms with van der Waals surface area (Å²) >= 11 is 0. The molecule has 4 heteroatoms. The number of benzene rings is 9. The fourth-order valence-electron chi connectivity index (χ4n) is 7.96. The van der Waals surface area contributed by atoms with Crippen molar-refractivity contribution in [3.63, 3.8) is 0 Å². The third-order valence-corrected chi connectivity index (χ3v) is 10.5. The van der Waals surface area contributed by atoms with Crippen molar-refractivity contribution in [2.45, 2.75) is 0 Å². The Morgan fingerprint density at radius 3 is 1.75 bits per heavy atom. The summed E-state index contributed by atoms with van der Waals surface area (Å²) in [7, 11) is 0. The van der Waals surface area contributed by atoms with Crippen molar-refractivity contribution in [3.8, 4) is 45.3 Å². The summed E-state index contributed by atoms with van der Waals surface area (Å²) in [5.74, 6) is 1.93. The van der Waals surface area contributed by atoms with Gasteiger partial charge in [0.1, 0.15) is 11.2 Å². The maximum atomic E-state index is 6.19. The molecule has 4 nitrogen and oxygen atoms in total. The number of fused-ring (bicyclic) bond motifs is 9. The lowest BCUT2D eigenvalue weighted by molar-refractivity contribution is 0.669. The minimum Gasteiger partial charge on any atom is -0.456 e. The van der Waals surface area contributed by atoms with Crippen molar-refractivity contribution in [1.29, 1.82) is 0 Å². The number of aromatic nitrogens is 3. The number of nitrogens with zero attached hydrogens (tertiary/aromatic N) is 3. The van der Waals surface area contributed by atoms with Crippen LogP contribution in [-0.4, -0.2) is 15.0 Å². The molecule has 0 saturated carbocycles. The highest BCUT2D eigenvalue weighted by molar-refractivity contribution is 6.20. The minimum atomic E-state index is 0.636. The highest BCUT2D eigenvalue weighted by Gasteiger charge is 2.18. The quantitative estimate of drug-likeness (QED) is 0.174. The van der Waals surface area contributed by atoms with E-state index in [0.717, 1.165) is 65.9 Å². The Morgan fingerprint density at radius 2 is 0.906 bits per heavy atom. The molecule has 0 spiro atoms. The van der Waals surface area contributed by atoms with Gasteiger partial charge in [0.05, 0.1) is 0 Å². The largest absolute Gasteiger partial charge is 0.456 e. The lowest BCUT2D eigenvalue weighted by Gasteiger charge is -2.14. The summed E-state index contributed by atoms with van der Waals surface area (Å²) in [5.41, 5.74) is 6.96. The first-order chi connectivity index (χ1) is 26.2. The monoisotopic (exact) mass is 675 g/mol. The highest BCUT2D eigenvalue weighted by Crippen LogP contribution is 2.40. The Balaban J connectivity index is 1.09. The number of furan rings is 1. The lowest BCUT2D eigenvalue weighted by atomic mass is 9.93. The molecule has 0 aliphatic rings. The molecule has 0 atom stereocenters. The SMILES string of the molecule is c1ccc(-c2nc(-c3ccc4cc(-c5cccc6oc7ccccc7c56)ccc4c3)nc(-c3cc4c5ccccc5ccc4c4ccccc34)n2)cc1. The van der Waals surface area contributed by atoms with E-state index in [1.54, 1.807) is 0 Å². The zero-order valence-electron chi connectivity index (χ0n) is 28.5. The number of hydrogen-bond donors (Lipinski definition) is 0. The smallest absolute Gasteiger partial charge is 0.164 e. The van der Waals surface area contributed by atoms with Crippen LogP contribution in [-0.2, 0) is 0 Å². The molecule has 0 fully saturated rings. The second kappa shape index (κ2) is 11.7. The fourth-order valence-corrected chi connectivity index (χ4v) is 7.96. The van der Waals surface area contributed by atoms with E-state index in [4.69, 9.17) is 19.4 Å². The van der Waals surface area contributed by atoms with Crippen LogP contribution in [0.4, 0.5) is 0 Å². The summed E-state index contributed by atoms with van der Waals surface area (Å²) in [4.78, 5) is 15.5. The first-order valence-corrected chi connectivity index (χ1v) is 17.9. The Hall–Kier alpha value is -7.17. The summed E-state index contributed by atoms with van der Waals surface area (Å²) in [6.07, 6.45) is 0. The van der Waals surface area contributed by atoms with Crippen molar-refractivity contribution < 1.29 is 4.42 Å². The van der Waals surface area contributed by atoms with Crippen molar-refractivity contribution >= 4 is 65.0 Å². The minimum absolute atomic E-state index is 0.636. The number of para-hydroxylation sites is 1. The molecule has 11 aromatic rings. The van der Waals surface area contributed by atoms with E-state index in [0.29, 0.717) is 17.5 Å². The maximum Gasteiger partial charge on any atom is 0.164 e. The van der Waals surface area contributed by atoms with E-state index in [1.165, 1.54) is 26.9 Å². The molecule has 246 valence electrons. The molecule has 0 aliphatic heterocycles. The average molecular weight is 676 g/mol. The van der Waals surface area contributed by atoms with Crippen LogP contribution in [0.1, 0.15) is 0 Å². The second-order valence-corrected chi connectivity index (χ2v) is 13.6. The van der Waals surface area contributed by atoms with Gasteiger partial charge in [-0.3, -0.25) is 0 Å². The van der Waals surface area contributed by atoms with Gasteiger partial charge in [0.15, 0.2) is 17.5 Å². The van der Waals surface area contributed by atoms with Crippen molar-refractivity contribution in [2.75, 3.05) is 0 Å². The average Bonchev–Trinajstić information content (AvgIpc) is 3.62. The van der Waals surface area contributed by atoms with Gasteiger partial charge in [0, 0.05) is 27.5 Å². The first kappa shape index (κ1) is 29.5. The predicted octanol–water partition coefficient (Wildman–Crippen LogP) is 13.1. The maximum absolute atomic E-state index is 6.19. The summed E-state index contributed by atoms with van der Waals surface area (Å²) in [6.45, 7) is 0. The zero-order valence-corrected chi connectivity index (χ0v) is 28.5. The molecular weight excluding hydrogens is 647 g/mol. The zero-order chi connectivity index (χ0) is 34.9. The van der Waals surface area contributed by atoms with Crippen LogP contribution in [0.5, 0.6) is 0 Å². The normalized spacial score (nSPS) is 11.8. The van der Waals surface area contributed by atoms with E-state index in [9.17, 15) is 0 Å². The van der Waals surface area contributed by atoms with Crippen LogP contribution < -0.4 is 0 Å². The highest BCUT2D eigenvalue weighted by atomic mass is 16.3. The summed E-state index contributed by atoms with van der Waals surface area (Å²) in [5, 5.41) is 11.6. The molecular formula is C49H29N3O. The Labute approximate surface area is 304 Å². The molecule has 2 heterocycles. The van der Waals surface area contributed by atoms with Gasteiger partial charge in [0.2, 0.25) is 0 Å².